The van der Waals surface area contributed by atoms with Crippen LogP contribution in [-0.4, -0.2) is 95.0 Å². The molecule has 0 spiro atoms. The number of rotatable bonds is 28. The fourth-order valence-corrected chi connectivity index (χ4v) is 8.15. The van der Waals surface area contributed by atoms with Gasteiger partial charge in [0.05, 0.1) is 12.5 Å². The third-order valence-electron chi connectivity index (χ3n) is 11.0. The molecule has 3 amide bonds. The number of ether oxygens (including phenoxy) is 2. The molecule has 0 aliphatic rings. The van der Waals surface area contributed by atoms with Crippen molar-refractivity contribution in [3.8, 4) is 5.75 Å². The zero-order valence-corrected chi connectivity index (χ0v) is 39.0. The number of thiazole rings is 1. The van der Waals surface area contributed by atoms with E-state index >= 15 is 0 Å². The van der Waals surface area contributed by atoms with Gasteiger partial charge in [-0.05, 0) is 80.8 Å². The number of nitrogens with one attached hydrogen (secondary N) is 2. The molecule has 3 rings (SSSR count). The number of benzene rings is 2. The molecule has 2 aromatic carbocycles. The van der Waals surface area contributed by atoms with Crippen LogP contribution in [0.4, 0.5) is 0 Å². The number of likely N-dealkylation sites (N-methyl/N-ethyl adjacent to an activating group) is 1. The van der Waals surface area contributed by atoms with Crippen LogP contribution >= 0.6 is 11.3 Å². The molecule has 13 heteroatoms. The van der Waals surface area contributed by atoms with E-state index in [1.807, 2.05) is 68.0 Å². The van der Waals surface area contributed by atoms with E-state index in [0.717, 1.165) is 49.8 Å². The van der Waals surface area contributed by atoms with E-state index in [1.54, 1.807) is 36.6 Å². The highest BCUT2D eigenvalue weighted by molar-refractivity contribution is 7.09. The van der Waals surface area contributed by atoms with Gasteiger partial charge in [-0.25, -0.2) is 4.98 Å². The number of esters is 1. The first-order valence-corrected chi connectivity index (χ1v) is 23.2. The van der Waals surface area contributed by atoms with Gasteiger partial charge < -0.3 is 30.1 Å². The van der Waals surface area contributed by atoms with Crippen molar-refractivity contribution in [3.63, 3.8) is 0 Å². The predicted octanol–water partition coefficient (Wildman–Crippen LogP) is 8.34. The quantitative estimate of drug-likeness (QED) is 0.0613. The molecule has 6 atom stereocenters. The van der Waals surface area contributed by atoms with Gasteiger partial charge >= 0.3 is 5.97 Å². The maximum Gasteiger partial charge on any atom is 0.309 e. The topological polar surface area (TPSA) is 150 Å². The Hall–Kier alpha value is -4.33. The van der Waals surface area contributed by atoms with Gasteiger partial charge in [0.2, 0.25) is 11.8 Å². The number of unbranched alkanes of at least 4 members (excludes halogenated alkanes) is 1. The number of nitrogens with zero attached hydrogens (tertiary/aromatic N) is 3. The molecule has 1 aromatic heterocycles. The summed E-state index contributed by atoms with van der Waals surface area (Å²) in [7, 11) is 1.93. The first kappa shape index (κ1) is 51.0. The van der Waals surface area contributed by atoms with Crippen LogP contribution in [0.3, 0.4) is 0 Å². The smallest absolute Gasteiger partial charge is 0.309 e. The van der Waals surface area contributed by atoms with E-state index in [1.165, 1.54) is 11.3 Å². The summed E-state index contributed by atoms with van der Waals surface area (Å²) in [5.41, 5.74) is 2.02. The number of carbonyl (C=O) groups excluding carboxylic acids is 4. The summed E-state index contributed by atoms with van der Waals surface area (Å²) in [6.45, 7) is 18.5. The Kier molecular flexibility index (Phi) is 22.5. The van der Waals surface area contributed by atoms with Crippen LogP contribution in [0.15, 0.2) is 60.0 Å². The largest absolute Gasteiger partial charge is 0.508 e. The summed E-state index contributed by atoms with van der Waals surface area (Å²) >= 11 is 1.35. The lowest BCUT2D eigenvalue weighted by Gasteiger charge is -2.39. The molecule has 0 saturated heterocycles. The standard InChI is InChI=1S/C48H73N5O7S/c1-10-14-25-52(9)30-43(55)51-44(34(7)13-4)47(57)53(24-11-2)41(33(5)6)29-42(59-26-12-3)46-50-40(32-61-46)45(56)49-38(28-36-20-22-39(54)23-21-36)27-35(8)48(58)60-31-37-18-16-15-17-19-37/h15-23,32-35,38,41-42,44,54H,10-14,24-31H2,1-9H3,(H,49,56)(H,51,55)/t34-,35-,38+,41+,42+,44-/m0/s1. The molecule has 0 aliphatic carbocycles. The molecule has 0 saturated carbocycles. The van der Waals surface area contributed by atoms with E-state index in [-0.39, 0.29) is 66.2 Å². The van der Waals surface area contributed by atoms with E-state index in [0.29, 0.717) is 37.4 Å². The lowest BCUT2D eigenvalue weighted by molar-refractivity contribution is -0.149. The van der Waals surface area contributed by atoms with Crippen LogP contribution in [0.25, 0.3) is 0 Å². The van der Waals surface area contributed by atoms with E-state index < -0.39 is 24.1 Å². The van der Waals surface area contributed by atoms with E-state index in [9.17, 15) is 24.3 Å². The molecule has 0 radical (unpaired) electrons. The molecule has 3 N–H and O–H groups in total. The number of phenols is 1. The lowest BCUT2D eigenvalue weighted by atomic mass is 9.92. The van der Waals surface area contributed by atoms with Crippen LogP contribution in [0.5, 0.6) is 5.75 Å². The average Bonchev–Trinajstić information content (AvgIpc) is 3.74. The summed E-state index contributed by atoms with van der Waals surface area (Å²) in [5.74, 6) is -1.36. The van der Waals surface area contributed by atoms with Crippen molar-refractivity contribution < 1.29 is 33.8 Å². The van der Waals surface area contributed by atoms with Crippen LogP contribution < -0.4 is 10.6 Å². The summed E-state index contributed by atoms with van der Waals surface area (Å²) in [4.78, 5) is 63.7. The number of carbonyl (C=O) groups is 4. The highest BCUT2D eigenvalue weighted by Crippen LogP contribution is 2.32. The lowest BCUT2D eigenvalue weighted by Crippen LogP contribution is -2.56. The number of hydrogen-bond donors (Lipinski definition) is 3. The normalized spacial score (nSPS) is 14.5. The van der Waals surface area contributed by atoms with Crippen molar-refractivity contribution in [3.05, 3.63) is 81.8 Å². The summed E-state index contributed by atoms with van der Waals surface area (Å²) < 4.78 is 12.1. The van der Waals surface area contributed by atoms with Gasteiger partial charge in [0.25, 0.3) is 5.91 Å². The molecule has 0 aliphatic heterocycles. The minimum absolute atomic E-state index is 0.0569. The van der Waals surface area contributed by atoms with Crippen molar-refractivity contribution in [2.75, 3.05) is 33.3 Å². The number of aromatic hydroxyl groups is 1. The SMILES string of the molecule is CCCCN(C)CC(=O)N[C@H](C(=O)N(CCC)[C@H](C[C@@H](OCCC)c1nc(C(=O)N[C@@H](Cc2ccc(O)cc2)C[C@H](C)C(=O)OCc2ccccc2)cs1)C(C)C)[C@@H](C)CC. The van der Waals surface area contributed by atoms with Crippen LogP contribution in [0.2, 0.25) is 0 Å². The fraction of sp³-hybridized carbons (Fsp3) is 0.604. The monoisotopic (exact) mass is 864 g/mol. The van der Waals surface area contributed by atoms with Crippen molar-refractivity contribution >= 4 is 35.0 Å². The summed E-state index contributed by atoms with van der Waals surface area (Å²) in [6, 6.07) is 15.0. The predicted molar refractivity (Wildman–Crippen MR) is 243 cm³/mol. The second-order valence-corrected chi connectivity index (χ2v) is 17.7. The van der Waals surface area contributed by atoms with Gasteiger partial charge in [-0.15, -0.1) is 11.3 Å². The first-order chi connectivity index (χ1) is 29.2. The van der Waals surface area contributed by atoms with Gasteiger partial charge in [-0.2, -0.15) is 0 Å². The number of hydrogen-bond acceptors (Lipinski definition) is 10. The van der Waals surface area contributed by atoms with Gasteiger partial charge in [0.15, 0.2) is 0 Å². The third kappa shape index (κ3) is 17.2. The first-order valence-electron chi connectivity index (χ1n) is 22.4. The Bertz CT molecular complexity index is 1750. The van der Waals surface area contributed by atoms with E-state index in [4.69, 9.17) is 14.5 Å². The molecule has 338 valence electrons. The van der Waals surface area contributed by atoms with Crippen molar-refractivity contribution in [2.45, 2.75) is 138 Å². The molecular formula is C48H73N5O7S. The molecule has 3 aromatic rings. The summed E-state index contributed by atoms with van der Waals surface area (Å²) in [6.07, 6.45) is 5.01. The maximum atomic E-state index is 14.6. The Balaban J connectivity index is 1.84. The van der Waals surface area contributed by atoms with Crippen LogP contribution in [-0.2, 0) is 36.9 Å². The zero-order chi connectivity index (χ0) is 44.9. The second-order valence-electron chi connectivity index (χ2n) is 16.8. The molecule has 0 fully saturated rings. The van der Waals surface area contributed by atoms with Crippen molar-refractivity contribution in [1.29, 1.82) is 0 Å². The minimum Gasteiger partial charge on any atom is -0.508 e. The molecule has 0 bridgehead atoms. The zero-order valence-electron chi connectivity index (χ0n) is 38.2. The average molecular weight is 864 g/mol. The molecule has 12 nitrogen and oxygen atoms in total. The van der Waals surface area contributed by atoms with Gasteiger partial charge in [-0.3, -0.25) is 24.1 Å². The molecule has 1 heterocycles. The number of aromatic nitrogens is 1. The van der Waals surface area contributed by atoms with Gasteiger partial charge in [-0.1, -0.05) is 111 Å². The number of amides is 3. The molecule has 61 heavy (non-hydrogen) atoms. The third-order valence-corrected chi connectivity index (χ3v) is 12.0. The highest BCUT2D eigenvalue weighted by Gasteiger charge is 2.37. The second kappa shape index (κ2) is 26.9. The molecular weight excluding hydrogens is 791 g/mol. The fourth-order valence-electron chi connectivity index (χ4n) is 7.30. The van der Waals surface area contributed by atoms with Gasteiger partial charge in [0, 0.05) is 37.0 Å². The Labute approximate surface area is 369 Å². The number of phenolic OH excluding ortho intramolecular Hbond substituents is 1. The van der Waals surface area contributed by atoms with Crippen molar-refractivity contribution in [2.24, 2.45) is 17.8 Å². The van der Waals surface area contributed by atoms with Crippen LogP contribution in [0.1, 0.15) is 133 Å². The maximum absolute atomic E-state index is 14.6. The van der Waals surface area contributed by atoms with E-state index in [2.05, 4.69) is 38.3 Å². The van der Waals surface area contributed by atoms with Gasteiger partial charge in [0.1, 0.15) is 35.2 Å². The highest BCUT2D eigenvalue weighted by atomic mass is 32.1. The Morgan fingerprint density at radius 1 is 0.852 bits per heavy atom. The Morgan fingerprint density at radius 3 is 2.18 bits per heavy atom. The minimum atomic E-state index is -0.669. The molecule has 0 unspecified atom stereocenters. The Morgan fingerprint density at radius 2 is 1.56 bits per heavy atom. The summed E-state index contributed by atoms with van der Waals surface area (Å²) in [5, 5.41) is 18.5. The van der Waals surface area contributed by atoms with Crippen molar-refractivity contribution in [1.82, 2.24) is 25.4 Å². The van der Waals surface area contributed by atoms with Crippen LogP contribution in [0, 0.1) is 17.8 Å².